The van der Waals surface area contributed by atoms with Crippen LogP contribution in [0, 0.1) is 13.8 Å². The highest BCUT2D eigenvalue weighted by atomic mass is 16.5. The Balaban J connectivity index is 2.36. The van der Waals surface area contributed by atoms with Gasteiger partial charge in [0.2, 0.25) is 0 Å². The van der Waals surface area contributed by atoms with E-state index in [1.54, 1.807) is 12.1 Å². The minimum atomic E-state index is -0.618. The Kier molecular flexibility index (Phi) is 5.54. The topological polar surface area (TPSA) is 81.7 Å². The van der Waals surface area contributed by atoms with Gasteiger partial charge >= 0.3 is 11.9 Å². The van der Waals surface area contributed by atoms with Crippen LogP contribution in [0.4, 0.5) is 5.69 Å². The van der Waals surface area contributed by atoms with E-state index in [9.17, 15) is 14.4 Å². The molecule has 0 radical (unpaired) electrons. The average molecular weight is 341 g/mol. The molecule has 0 aliphatic rings. The zero-order chi connectivity index (χ0) is 18.6. The van der Waals surface area contributed by atoms with Crippen molar-refractivity contribution >= 4 is 23.5 Å². The van der Waals surface area contributed by atoms with Crippen molar-refractivity contribution in [3.63, 3.8) is 0 Å². The minimum absolute atomic E-state index is 0.140. The third kappa shape index (κ3) is 4.23. The molecule has 6 nitrogen and oxygen atoms in total. The highest BCUT2D eigenvalue weighted by Crippen LogP contribution is 2.19. The molecule has 1 N–H and O–H groups in total. The van der Waals surface area contributed by atoms with Gasteiger partial charge in [0.1, 0.15) is 0 Å². The predicted octanol–water partition coefficient (Wildman–Crippen LogP) is 3.13. The van der Waals surface area contributed by atoms with Gasteiger partial charge in [-0.3, -0.25) is 4.79 Å². The standard InChI is InChI=1S/C19H19NO5/c1-11-5-6-13(7-12(11)2)17(21)20-16-9-14(18(22)24-3)8-15(10-16)19(23)25-4/h5-10H,1-4H3,(H,20,21). The molecule has 0 spiro atoms. The number of rotatable bonds is 4. The molecule has 130 valence electrons. The number of carbonyl (C=O) groups excluding carboxylic acids is 3. The Labute approximate surface area is 145 Å². The summed E-state index contributed by atoms with van der Waals surface area (Å²) in [6, 6.07) is 9.58. The van der Waals surface area contributed by atoms with E-state index >= 15 is 0 Å². The van der Waals surface area contributed by atoms with E-state index in [4.69, 9.17) is 0 Å². The van der Waals surface area contributed by atoms with E-state index < -0.39 is 11.9 Å². The fraction of sp³-hybridized carbons (Fsp3) is 0.211. The number of ether oxygens (including phenoxy) is 2. The van der Waals surface area contributed by atoms with Crippen LogP contribution in [-0.4, -0.2) is 32.1 Å². The van der Waals surface area contributed by atoms with E-state index in [-0.39, 0.29) is 17.0 Å². The summed E-state index contributed by atoms with van der Waals surface area (Å²) in [5.41, 5.74) is 3.13. The molecule has 0 aliphatic heterocycles. The second-order valence-electron chi connectivity index (χ2n) is 5.54. The average Bonchev–Trinajstić information content (AvgIpc) is 2.62. The summed E-state index contributed by atoms with van der Waals surface area (Å²) in [6.45, 7) is 3.87. The number of hydrogen-bond donors (Lipinski definition) is 1. The highest BCUT2D eigenvalue weighted by molar-refractivity contribution is 6.06. The third-order valence-electron chi connectivity index (χ3n) is 3.80. The Morgan fingerprint density at radius 2 is 1.32 bits per heavy atom. The largest absolute Gasteiger partial charge is 0.465 e. The van der Waals surface area contributed by atoms with Crippen LogP contribution < -0.4 is 5.32 Å². The number of anilines is 1. The van der Waals surface area contributed by atoms with Crippen LogP contribution in [0.1, 0.15) is 42.2 Å². The van der Waals surface area contributed by atoms with E-state index in [2.05, 4.69) is 14.8 Å². The molecule has 0 saturated carbocycles. The maximum absolute atomic E-state index is 12.4. The lowest BCUT2D eigenvalue weighted by molar-refractivity contribution is 0.0599. The highest BCUT2D eigenvalue weighted by Gasteiger charge is 2.15. The Morgan fingerprint density at radius 1 is 0.760 bits per heavy atom. The van der Waals surface area contributed by atoms with Crippen LogP contribution in [0.2, 0.25) is 0 Å². The lowest BCUT2D eigenvalue weighted by Crippen LogP contribution is -2.14. The van der Waals surface area contributed by atoms with Crippen LogP contribution in [0.3, 0.4) is 0 Å². The molecule has 2 aromatic carbocycles. The lowest BCUT2D eigenvalue weighted by Gasteiger charge is -2.10. The van der Waals surface area contributed by atoms with Gasteiger partial charge in [-0.15, -0.1) is 0 Å². The first-order valence-corrected chi connectivity index (χ1v) is 7.56. The summed E-state index contributed by atoms with van der Waals surface area (Å²) < 4.78 is 9.35. The maximum atomic E-state index is 12.4. The molecule has 0 fully saturated rings. The van der Waals surface area contributed by atoms with E-state index in [0.29, 0.717) is 11.3 Å². The summed E-state index contributed by atoms with van der Waals surface area (Å²) in [6.07, 6.45) is 0. The van der Waals surface area contributed by atoms with Crippen LogP contribution in [0.15, 0.2) is 36.4 Å². The van der Waals surface area contributed by atoms with E-state index in [1.807, 2.05) is 19.9 Å². The second kappa shape index (κ2) is 7.61. The summed E-state index contributed by atoms with van der Waals surface area (Å²) in [4.78, 5) is 36.0. The summed E-state index contributed by atoms with van der Waals surface area (Å²) >= 11 is 0. The molecule has 0 bridgehead atoms. The molecule has 0 aliphatic carbocycles. The van der Waals surface area contributed by atoms with Gasteiger partial charge in [-0.1, -0.05) is 6.07 Å². The number of aryl methyl sites for hydroxylation is 2. The number of hydrogen-bond acceptors (Lipinski definition) is 5. The van der Waals surface area contributed by atoms with E-state index in [0.717, 1.165) is 11.1 Å². The Hall–Kier alpha value is -3.15. The molecule has 2 aromatic rings. The third-order valence-corrected chi connectivity index (χ3v) is 3.80. The van der Waals surface area contributed by atoms with Gasteiger partial charge in [0.05, 0.1) is 25.3 Å². The van der Waals surface area contributed by atoms with Gasteiger partial charge in [0.15, 0.2) is 0 Å². The van der Waals surface area contributed by atoms with Gasteiger partial charge in [0, 0.05) is 11.3 Å². The van der Waals surface area contributed by atoms with Crippen LogP contribution in [-0.2, 0) is 9.47 Å². The van der Waals surface area contributed by atoms with E-state index in [1.165, 1.54) is 32.4 Å². The number of esters is 2. The molecule has 6 heteroatoms. The molecule has 25 heavy (non-hydrogen) atoms. The fourth-order valence-corrected chi connectivity index (χ4v) is 2.26. The van der Waals surface area contributed by atoms with Gasteiger partial charge < -0.3 is 14.8 Å². The second-order valence-corrected chi connectivity index (χ2v) is 5.54. The van der Waals surface area contributed by atoms with Crippen molar-refractivity contribution in [2.24, 2.45) is 0 Å². The maximum Gasteiger partial charge on any atom is 0.337 e. The van der Waals surface area contributed by atoms with Gasteiger partial charge in [-0.2, -0.15) is 0 Å². The number of benzene rings is 2. The Bertz CT molecular complexity index is 807. The zero-order valence-corrected chi connectivity index (χ0v) is 14.5. The number of amides is 1. The number of methoxy groups -OCH3 is 2. The molecule has 0 atom stereocenters. The quantitative estimate of drug-likeness (QED) is 0.864. The Morgan fingerprint density at radius 3 is 1.80 bits per heavy atom. The van der Waals surface area contributed by atoms with Crippen molar-refractivity contribution in [1.82, 2.24) is 0 Å². The van der Waals surface area contributed by atoms with Crippen molar-refractivity contribution in [2.75, 3.05) is 19.5 Å². The zero-order valence-electron chi connectivity index (χ0n) is 14.5. The fourth-order valence-electron chi connectivity index (χ4n) is 2.26. The first kappa shape index (κ1) is 18.2. The van der Waals surface area contributed by atoms with Crippen LogP contribution in [0.25, 0.3) is 0 Å². The summed E-state index contributed by atoms with van der Waals surface area (Å²) in [5.74, 6) is -1.58. The first-order chi connectivity index (χ1) is 11.8. The monoisotopic (exact) mass is 341 g/mol. The van der Waals surface area contributed by atoms with Crippen LogP contribution >= 0.6 is 0 Å². The molecule has 0 unspecified atom stereocenters. The summed E-state index contributed by atoms with van der Waals surface area (Å²) in [7, 11) is 2.47. The van der Waals surface area contributed by atoms with Crippen molar-refractivity contribution in [3.05, 3.63) is 64.2 Å². The van der Waals surface area contributed by atoms with Crippen LogP contribution in [0.5, 0.6) is 0 Å². The van der Waals surface area contributed by atoms with Crippen molar-refractivity contribution in [3.8, 4) is 0 Å². The molecular weight excluding hydrogens is 322 g/mol. The predicted molar refractivity (Wildman–Crippen MR) is 93.0 cm³/mol. The molecule has 0 aromatic heterocycles. The smallest absolute Gasteiger partial charge is 0.337 e. The van der Waals surface area contributed by atoms with Gasteiger partial charge in [-0.25, -0.2) is 9.59 Å². The first-order valence-electron chi connectivity index (χ1n) is 7.56. The number of carbonyl (C=O) groups is 3. The summed E-state index contributed by atoms with van der Waals surface area (Å²) in [5, 5.41) is 2.69. The molecule has 0 heterocycles. The normalized spacial score (nSPS) is 10.1. The SMILES string of the molecule is COC(=O)c1cc(NC(=O)c2ccc(C)c(C)c2)cc(C(=O)OC)c1. The molecular formula is C19H19NO5. The molecule has 0 saturated heterocycles. The van der Waals surface area contributed by atoms with Gasteiger partial charge in [-0.05, 0) is 55.3 Å². The molecule has 2 rings (SSSR count). The van der Waals surface area contributed by atoms with Crippen molar-refractivity contribution in [1.29, 1.82) is 0 Å². The lowest BCUT2D eigenvalue weighted by atomic mass is 10.1. The molecule has 1 amide bonds. The van der Waals surface area contributed by atoms with Crippen molar-refractivity contribution < 1.29 is 23.9 Å². The van der Waals surface area contributed by atoms with Crippen molar-refractivity contribution in [2.45, 2.75) is 13.8 Å². The minimum Gasteiger partial charge on any atom is -0.465 e. The van der Waals surface area contributed by atoms with Gasteiger partial charge in [0.25, 0.3) is 5.91 Å². The number of nitrogens with one attached hydrogen (secondary N) is 1.